The Morgan fingerprint density at radius 2 is 1.68 bits per heavy atom. The van der Waals surface area contributed by atoms with Crippen LogP contribution in [0.1, 0.15) is 17.0 Å². The van der Waals surface area contributed by atoms with Crippen LogP contribution in [0.5, 0.6) is 0 Å². The third kappa shape index (κ3) is 3.69. The van der Waals surface area contributed by atoms with E-state index < -0.39 is 15.8 Å². The highest BCUT2D eigenvalue weighted by atomic mass is 32.2. The molecule has 0 saturated heterocycles. The topological polar surface area (TPSA) is 62.0 Å². The van der Waals surface area contributed by atoms with Crippen molar-refractivity contribution < 1.29 is 12.8 Å². The van der Waals surface area contributed by atoms with E-state index >= 15 is 0 Å². The average Bonchev–Trinajstić information content (AvgIpc) is 3.13. The average molecular weight is 394 g/mol. The first-order valence-corrected chi connectivity index (χ1v) is 10.4. The van der Waals surface area contributed by atoms with Crippen molar-refractivity contribution >= 4 is 20.9 Å². The Labute approximate surface area is 163 Å². The van der Waals surface area contributed by atoms with Gasteiger partial charge in [0.25, 0.3) is 0 Å². The molecule has 0 spiro atoms. The minimum Gasteiger partial charge on any atom is -0.361 e. The van der Waals surface area contributed by atoms with Gasteiger partial charge in [0.1, 0.15) is 5.82 Å². The lowest BCUT2D eigenvalue weighted by Crippen LogP contribution is -2.29. The third-order valence-electron chi connectivity index (χ3n) is 4.78. The van der Waals surface area contributed by atoms with E-state index in [0.717, 1.165) is 28.1 Å². The Kier molecular flexibility index (Phi) is 4.98. The van der Waals surface area contributed by atoms with Crippen molar-refractivity contribution in [1.82, 2.24) is 9.71 Å². The summed E-state index contributed by atoms with van der Waals surface area (Å²) in [6.45, 7) is 0.157. The highest BCUT2D eigenvalue weighted by Crippen LogP contribution is 2.30. The maximum absolute atomic E-state index is 13.5. The quantitative estimate of drug-likeness (QED) is 0.509. The van der Waals surface area contributed by atoms with Gasteiger partial charge in [-0.25, -0.2) is 17.5 Å². The summed E-state index contributed by atoms with van der Waals surface area (Å²) in [6.07, 6.45) is 1.92. The van der Waals surface area contributed by atoms with E-state index in [1.54, 1.807) is 0 Å². The molecule has 0 radical (unpaired) electrons. The van der Waals surface area contributed by atoms with E-state index in [0.29, 0.717) is 0 Å². The number of halogens is 1. The lowest BCUT2D eigenvalue weighted by atomic mass is 9.91. The fraction of sp³-hybridized carbons (Fsp3) is 0.0909. The van der Waals surface area contributed by atoms with Crippen LogP contribution in [0.3, 0.4) is 0 Å². The Morgan fingerprint density at radius 1 is 0.929 bits per heavy atom. The Hall–Kier alpha value is -2.96. The second-order valence-electron chi connectivity index (χ2n) is 6.56. The van der Waals surface area contributed by atoms with Crippen LogP contribution >= 0.6 is 0 Å². The number of H-pyrrole nitrogens is 1. The second kappa shape index (κ2) is 7.58. The predicted octanol–water partition coefficient (Wildman–Crippen LogP) is 4.42. The van der Waals surface area contributed by atoms with Gasteiger partial charge in [0, 0.05) is 29.6 Å². The molecule has 0 bridgehead atoms. The normalized spacial score (nSPS) is 12.9. The van der Waals surface area contributed by atoms with E-state index in [4.69, 9.17) is 0 Å². The van der Waals surface area contributed by atoms with Gasteiger partial charge in [-0.05, 0) is 35.4 Å². The van der Waals surface area contributed by atoms with Gasteiger partial charge >= 0.3 is 0 Å². The SMILES string of the molecule is O=S(=O)(NC[C@@H](c1ccccc1)c1c[nH]c2ccccc12)c1cccc(F)c1. The van der Waals surface area contributed by atoms with Gasteiger partial charge in [-0.2, -0.15) is 0 Å². The van der Waals surface area contributed by atoms with Crippen LogP contribution in [0.4, 0.5) is 4.39 Å². The van der Waals surface area contributed by atoms with Crippen LogP contribution in [0.2, 0.25) is 0 Å². The molecule has 1 heterocycles. The smallest absolute Gasteiger partial charge is 0.240 e. The third-order valence-corrected chi connectivity index (χ3v) is 6.20. The molecule has 0 unspecified atom stereocenters. The van der Waals surface area contributed by atoms with Crippen molar-refractivity contribution in [3.05, 3.63) is 102 Å². The molecule has 0 saturated carbocycles. The molecule has 1 aromatic heterocycles. The fourth-order valence-corrected chi connectivity index (χ4v) is 4.46. The minimum atomic E-state index is -3.83. The van der Waals surface area contributed by atoms with E-state index in [2.05, 4.69) is 9.71 Å². The molecule has 0 fully saturated rings. The monoisotopic (exact) mass is 394 g/mol. The first kappa shape index (κ1) is 18.4. The molecule has 3 aromatic carbocycles. The standard InChI is InChI=1S/C22H19FN2O2S/c23-17-9-6-10-18(13-17)28(26,27)25-15-20(16-7-2-1-3-8-16)21-14-24-22-12-5-4-11-19(21)22/h1-14,20,24-25H,15H2/t20-/m0/s1. The van der Waals surface area contributed by atoms with Gasteiger partial charge in [0.2, 0.25) is 10.0 Å². The molecule has 1 atom stereocenters. The summed E-state index contributed by atoms with van der Waals surface area (Å²) in [5.74, 6) is -0.778. The Bertz CT molecular complexity index is 1200. The molecule has 4 nitrogen and oxygen atoms in total. The van der Waals surface area contributed by atoms with Crippen molar-refractivity contribution in [3.8, 4) is 0 Å². The maximum atomic E-state index is 13.5. The van der Waals surface area contributed by atoms with Crippen LogP contribution in [-0.2, 0) is 10.0 Å². The first-order chi connectivity index (χ1) is 13.5. The van der Waals surface area contributed by atoms with E-state index in [9.17, 15) is 12.8 Å². The second-order valence-corrected chi connectivity index (χ2v) is 8.33. The summed E-state index contributed by atoms with van der Waals surface area (Å²) >= 11 is 0. The number of fused-ring (bicyclic) bond motifs is 1. The number of aromatic nitrogens is 1. The number of rotatable bonds is 6. The first-order valence-electron chi connectivity index (χ1n) is 8.91. The molecule has 142 valence electrons. The number of hydrogen-bond acceptors (Lipinski definition) is 2. The van der Waals surface area contributed by atoms with E-state index in [-0.39, 0.29) is 17.4 Å². The van der Waals surface area contributed by atoms with Crippen molar-refractivity contribution in [3.63, 3.8) is 0 Å². The number of aromatic amines is 1. The zero-order chi connectivity index (χ0) is 19.6. The van der Waals surface area contributed by atoms with Crippen molar-refractivity contribution in [1.29, 1.82) is 0 Å². The van der Waals surface area contributed by atoms with Crippen LogP contribution < -0.4 is 4.72 Å². The van der Waals surface area contributed by atoms with E-state index in [1.807, 2.05) is 60.8 Å². The number of benzene rings is 3. The summed E-state index contributed by atoms with van der Waals surface area (Å²) in [4.78, 5) is 3.16. The molecular weight excluding hydrogens is 375 g/mol. The molecule has 6 heteroatoms. The summed E-state index contributed by atoms with van der Waals surface area (Å²) in [5.41, 5.74) is 2.99. The predicted molar refractivity (Wildman–Crippen MR) is 108 cm³/mol. The zero-order valence-corrected chi connectivity index (χ0v) is 15.8. The number of hydrogen-bond donors (Lipinski definition) is 2. The van der Waals surface area contributed by atoms with Gasteiger partial charge in [-0.15, -0.1) is 0 Å². The Morgan fingerprint density at radius 3 is 2.46 bits per heavy atom. The van der Waals surface area contributed by atoms with Crippen molar-refractivity contribution in [2.75, 3.05) is 6.54 Å². The van der Waals surface area contributed by atoms with Gasteiger partial charge < -0.3 is 4.98 Å². The lowest BCUT2D eigenvalue weighted by Gasteiger charge is -2.18. The summed E-state index contributed by atoms with van der Waals surface area (Å²) in [5, 5.41) is 1.04. The fourth-order valence-electron chi connectivity index (χ4n) is 3.39. The van der Waals surface area contributed by atoms with Crippen LogP contribution in [0.25, 0.3) is 10.9 Å². The number of para-hydroxylation sites is 1. The molecule has 4 aromatic rings. The Balaban J connectivity index is 1.69. The summed E-state index contributed by atoms with van der Waals surface area (Å²) in [6, 6.07) is 22.6. The van der Waals surface area contributed by atoms with Gasteiger partial charge in [0.05, 0.1) is 4.90 Å². The molecule has 4 rings (SSSR count). The molecule has 0 aliphatic rings. The minimum absolute atomic E-state index is 0.0850. The molecule has 2 N–H and O–H groups in total. The molecule has 0 aliphatic carbocycles. The lowest BCUT2D eigenvalue weighted by molar-refractivity contribution is 0.574. The summed E-state index contributed by atoms with van der Waals surface area (Å²) in [7, 11) is -3.83. The zero-order valence-electron chi connectivity index (χ0n) is 15.0. The maximum Gasteiger partial charge on any atom is 0.240 e. The van der Waals surface area contributed by atoms with Crippen LogP contribution in [0, 0.1) is 5.82 Å². The van der Waals surface area contributed by atoms with Crippen LogP contribution in [-0.4, -0.2) is 19.9 Å². The number of sulfonamides is 1. The van der Waals surface area contributed by atoms with Crippen LogP contribution in [0.15, 0.2) is 90.0 Å². The molecule has 28 heavy (non-hydrogen) atoms. The number of nitrogens with one attached hydrogen (secondary N) is 2. The molecular formula is C22H19FN2O2S. The molecule has 0 amide bonds. The van der Waals surface area contributed by atoms with Crippen molar-refractivity contribution in [2.24, 2.45) is 0 Å². The van der Waals surface area contributed by atoms with Crippen molar-refractivity contribution in [2.45, 2.75) is 10.8 Å². The molecule has 0 aliphatic heterocycles. The summed E-state index contributed by atoms with van der Waals surface area (Å²) < 4.78 is 41.4. The van der Waals surface area contributed by atoms with Gasteiger partial charge in [-0.3, -0.25) is 0 Å². The largest absolute Gasteiger partial charge is 0.361 e. The van der Waals surface area contributed by atoms with Gasteiger partial charge in [0.15, 0.2) is 0 Å². The highest BCUT2D eigenvalue weighted by molar-refractivity contribution is 7.89. The van der Waals surface area contributed by atoms with E-state index in [1.165, 1.54) is 18.2 Å². The highest BCUT2D eigenvalue weighted by Gasteiger charge is 2.22. The van der Waals surface area contributed by atoms with Gasteiger partial charge in [-0.1, -0.05) is 54.6 Å².